The molecule has 0 aliphatic heterocycles. The van der Waals surface area contributed by atoms with Crippen LogP contribution in [0.5, 0.6) is 0 Å². The van der Waals surface area contributed by atoms with E-state index in [1.807, 2.05) is 0 Å². The standard InChI is InChI=1S/C18H14BrFN6O4/c1-9(27)21-11-4-2-10(3-5-11)18(28)23-17-15(25-30-26-17)16(24-29)22-12-6-7-14(20)13(19)8-12/h2-8,29H,1H3,(H,21,27)(H,22,24)(H,23,26,28). The molecule has 0 aliphatic carbocycles. The highest BCUT2D eigenvalue weighted by molar-refractivity contribution is 9.10. The van der Waals surface area contributed by atoms with Gasteiger partial charge in [-0.1, -0.05) is 5.16 Å². The highest BCUT2D eigenvalue weighted by atomic mass is 79.9. The summed E-state index contributed by atoms with van der Waals surface area (Å²) < 4.78 is 18.2. The minimum Gasteiger partial charge on any atom is -0.409 e. The van der Waals surface area contributed by atoms with Crippen molar-refractivity contribution in [3.8, 4) is 0 Å². The molecule has 0 atom stereocenters. The van der Waals surface area contributed by atoms with Crippen molar-refractivity contribution in [3.63, 3.8) is 0 Å². The Labute approximate surface area is 177 Å². The number of nitrogens with one attached hydrogen (secondary N) is 3. The van der Waals surface area contributed by atoms with Crippen LogP contribution in [0.2, 0.25) is 0 Å². The van der Waals surface area contributed by atoms with Crippen molar-refractivity contribution in [1.29, 1.82) is 0 Å². The highest BCUT2D eigenvalue weighted by Crippen LogP contribution is 2.22. The molecule has 1 aromatic heterocycles. The lowest BCUT2D eigenvalue weighted by Crippen LogP contribution is -2.19. The Morgan fingerprint density at radius 3 is 2.40 bits per heavy atom. The maximum absolute atomic E-state index is 13.4. The summed E-state index contributed by atoms with van der Waals surface area (Å²) in [4.78, 5) is 23.5. The predicted octanol–water partition coefficient (Wildman–Crippen LogP) is 3.43. The molecule has 0 aliphatic rings. The van der Waals surface area contributed by atoms with Crippen LogP contribution in [0, 0.1) is 5.82 Å². The summed E-state index contributed by atoms with van der Waals surface area (Å²) in [5.74, 6) is -1.53. The fourth-order valence-electron chi connectivity index (χ4n) is 2.36. The zero-order valence-electron chi connectivity index (χ0n) is 15.3. The topological polar surface area (TPSA) is 142 Å². The van der Waals surface area contributed by atoms with Crippen LogP contribution < -0.4 is 16.0 Å². The summed E-state index contributed by atoms with van der Waals surface area (Å²) in [6, 6.07) is 10.2. The van der Waals surface area contributed by atoms with Crippen LogP contribution in [0.3, 0.4) is 0 Å². The third kappa shape index (κ3) is 4.97. The SMILES string of the molecule is CC(=O)Nc1ccc(C(=O)Nc2nonc2/C(=N/O)Nc2ccc(F)c(Br)c2)cc1. The second-order valence-electron chi connectivity index (χ2n) is 5.88. The van der Waals surface area contributed by atoms with Crippen LogP contribution in [0.25, 0.3) is 0 Å². The Kier molecular flexibility index (Phi) is 6.37. The number of benzene rings is 2. The van der Waals surface area contributed by atoms with Crippen LogP contribution in [0.15, 0.2) is 56.7 Å². The van der Waals surface area contributed by atoms with Crippen molar-refractivity contribution >= 4 is 50.8 Å². The molecule has 1 heterocycles. The van der Waals surface area contributed by atoms with E-state index in [-0.39, 0.29) is 33.3 Å². The number of aromatic nitrogens is 2. The first-order valence-corrected chi connectivity index (χ1v) is 9.12. The lowest BCUT2D eigenvalue weighted by Gasteiger charge is -2.08. The van der Waals surface area contributed by atoms with E-state index in [2.05, 4.69) is 52.0 Å². The van der Waals surface area contributed by atoms with E-state index in [0.29, 0.717) is 11.4 Å². The van der Waals surface area contributed by atoms with Gasteiger partial charge in [-0.15, -0.1) is 0 Å². The van der Waals surface area contributed by atoms with E-state index in [1.165, 1.54) is 37.3 Å². The van der Waals surface area contributed by atoms with Gasteiger partial charge in [-0.2, -0.15) is 0 Å². The van der Waals surface area contributed by atoms with Crippen molar-refractivity contribution in [2.75, 3.05) is 16.0 Å². The molecule has 154 valence electrons. The quantitative estimate of drug-likeness (QED) is 0.191. The summed E-state index contributed by atoms with van der Waals surface area (Å²) in [6.07, 6.45) is 0. The van der Waals surface area contributed by atoms with Gasteiger partial charge in [0.05, 0.1) is 4.47 Å². The molecule has 0 fully saturated rings. The Hall–Kier alpha value is -3.80. The van der Waals surface area contributed by atoms with E-state index in [1.54, 1.807) is 12.1 Å². The average Bonchev–Trinajstić information content (AvgIpc) is 3.16. The number of anilines is 3. The number of nitrogens with zero attached hydrogens (tertiary/aromatic N) is 3. The van der Waals surface area contributed by atoms with Crippen molar-refractivity contribution < 1.29 is 23.8 Å². The lowest BCUT2D eigenvalue weighted by atomic mass is 10.2. The van der Waals surface area contributed by atoms with Gasteiger partial charge in [0.2, 0.25) is 17.6 Å². The predicted molar refractivity (Wildman–Crippen MR) is 109 cm³/mol. The van der Waals surface area contributed by atoms with Crippen LogP contribution >= 0.6 is 15.9 Å². The number of amidine groups is 1. The highest BCUT2D eigenvalue weighted by Gasteiger charge is 2.20. The minimum atomic E-state index is -0.539. The molecule has 0 spiro atoms. The van der Waals surface area contributed by atoms with Crippen molar-refractivity contribution in [3.05, 3.63) is 64.0 Å². The average molecular weight is 477 g/mol. The smallest absolute Gasteiger partial charge is 0.256 e. The summed E-state index contributed by atoms with van der Waals surface area (Å²) in [5.41, 5.74) is 1.11. The minimum absolute atomic E-state index is 0.0823. The van der Waals surface area contributed by atoms with Gasteiger partial charge < -0.3 is 21.2 Å². The zero-order valence-corrected chi connectivity index (χ0v) is 16.9. The van der Waals surface area contributed by atoms with E-state index in [9.17, 15) is 19.2 Å². The van der Waals surface area contributed by atoms with E-state index >= 15 is 0 Å². The Balaban J connectivity index is 1.75. The number of rotatable bonds is 5. The van der Waals surface area contributed by atoms with Crippen molar-refractivity contribution in [2.45, 2.75) is 6.92 Å². The van der Waals surface area contributed by atoms with Gasteiger partial charge in [0.25, 0.3) is 5.91 Å². The molecule has 3 aromatic rings. The second kappa shape index (κ2) is 9.13. The molecule has 4 N–H and O–H groups in total. The number of carbonyl (C=O) groups excluding carboxylic acids is 2. The maximum atomic E-state index is 13.4. The lowest BCUT2D eigenvalue weighted by molar-refractivity contribution is -0.114. The number of halogens is 2. The van der Waals surface area contributed by atoms with Crippen molar-refractivity contribution in [2.24, 2.45) is 5.16 Å². The van der Waals surface area contributed by atoms with Crippen LogP contribution in [-0.4, -0.2) is 33.2 Å². The molecule has 0 saturated heterocycles. The first-order chi connectivity index (χ1) is 14.4. The number of carbonyl (C=O) groups is 2. The Morgan fingerprint density at radius 2 is 1.77 bits per heavy atom. The third-order valence-corrected chi connectivity index (χ3v) is 4.30. The molecule has 0 bridgehead atoms. The van der Waals surface area contributed by atoms with E-state index in [4.69, 9.17) is 0 Å². The fourth-order valence-corrected chi connectivity index (χ4v) is 2.73. The molecule has 12 heteroatoms. The number of hydrogen-bond acceptors (Lipinski definition) is 7. The first kappa shape index (κ1) is 20.9. The molecule has 2 aromatic carbocycles. The number of oxime groups is 1. The van der Waals surface area contributed by atoms with Crippen molar-refractivity contribution in [1.82, 2.24) is 10.3 Å². The molecule has 0 radical (unpaired) electrons. The largest absolute Gasteiger partial charge is 0.409 e. The van der Waals surface area contributed by atoms with Gasteiger partial charge in [0.15, 0.2) is 5.69 Å². The summed E-state index contributed by atoms with van der Waals surface area (Å²) in [6.45, 7) is 1.37. The molecule has 10 nitrogen and oxygen atoms in total. The summed E-state index contributed by atoms with van der Waals surface area (Å²) in [7, 11) is 0. The number of hydrogen-bond donors (Lipinski definition) is 4. The van der Waals surface area contributed by atoms with Gasteiger partial charge >= 0.3 is 0 Å². The van der Waals surface area contributed by atoms with Gasteiger partial charge in [-0.3, -0.25) is 9.59 Å². The number of amides is 2. The fraction of sp³-hybridized carbons (Fsp3) is 0.0556. The van der Waals surface area contributed by atoms with Crippen LogP contribution in [-0.2, 0) is 4.79 Å². The van der Waals surface area contributed by atoms with Gasteiger partial charge in [-0.25, -0.2) is 9.02 Å². The van der Waals surface area contributed by atoms with E-state index in [0.717, 1.165) is 0 Å². The summed E-state index contributed by atoms with van der Waals surface area (Å²) >= 11 is 3.05. The Morgan fingerprint density at radius 1 is 1.07 bits per heavy atom. The van der Waals surface area contributed by atoms with Gasteiger partial charge in [0.1, 0.15) is 5.82 Å². The molecule has 0 saturated carbocycles. The maximum Gasteiger partial charge on any atom is 0.256 e. The van der Waals surface area contributed by atoms with Crippen LogP contribution in [0.4, 0.5) is 21.6 Å². The Bertz CT molecular complexity index is 1120. The van der Waals surface area contributed by atoms with Gasteiger partial charge in [0, 0.05) is 23.9 Å². The van der Waals surface area contributed by atoms with Gasteiger partial charge in [-0.05, 0) is 68.7 Å². The zero-order chi connectivity index (χ0) is 21.7. The second-order valence-corrected chi connectivity index (χ2v) is 6.73. The summed E-state index contributed by atoms with van der Waals surface area (Å²) in [5, 5.41) is 27.5. The molecule has 0 unspecified atom stereocenters. The van der Waals surface area contributed by atoms with E-state index < -0.39 is 11.7 Å². The first-order valence-electron chi connectivity index (χ1n) is 8.33. The third-order valence-electron chi connectivity index (χ3n) is 3.69. The van der Waals surface area contributed by atoms with Crippen LogP contribution in [0.1, 0.15) is 23.0 Å². The molecule has 30 heavy (non-hydrogen) atoms. The normalized spacial score (nSPS) is 11.1. The molecule has 2 amide bonds. The molecular formula is C18H14BrFN6O4. The molecule has 3 rings (SSSR count). The monoisotopic (exact) mass is 476 g/mol. The molecular weight excluding hydrogens is 463 g/mol.